The first-order valence-corrected chi connectivity index (χ1v) is 5.70. The third kappa shape index (κ3) is 2.25. The molecule has 2 atom stereocenters. The SMILES string of the molecule is CCOC1C2CC1CN(CCN=[N+]=[N-])C2. The molecule has 0 amide bonds. The topological polar surface area (TPSA) is 61.2 Å². The third-order valence-electron chi connectivity index (χ3n) is 3.46. The largest absolute Gasteiger partial charge is 0.378 e. The highest BCUT2D eigenvalue weighted by atomic mass is 16.5. The standard InChI is InChI=1S/C10H18N4O/c1-2-15-10-8-5-9(10)7-14(6-8)4-3-12-13-11/h8-10H,2-7H2,1H3. The zero-order chi connectivity index (χ0) is 10.7. The molecular weight excluding hydrogens is 192 g/mol. The van der Waals surface area contributed by atoms with Crippen LogP contribution in [0.4, 0.5) is 0 Å². The van der Waals surface area contributed by atoms with Gasteiger partial charge < -0.3 is 9.64 Å². The Labute approximate surface area is 90.0 Å². The van der Waals surface area contributed by atoms with Crippen LogP contribution >= 0.6 is 0 Å². The average Bonchev–Trinajstić information content (AvgIpc) is 2.26. The fraction of sp³-hybridized carbons (Fsp3) is 1.00. The molecule has 3 aliphatic rings. The van der Waals surface area contributed by atoms with E-state index in [1.807, 2.05) is 0 Å². The summed E-state index contributed by atoms with van der Waals surface area (Å²) < 4.78 is 5.71. The first kappa shape index (κ1) is 10.7. The summed E-state index contributed by atoms with van der Waals surface area (Å²) in [6.45, 7) is 6.61. The van der Waals surface area contributed by atoms with Gasteiger partial charge in [-0.25, -0.2) is 0 Å². The molecule has 1 aliphatic carbocycles. The number of azide groups is 1. The van der Waals surface area contributed by atoms with Gasteiger partial charge in [-0.1, -0.05) is 5.11 Å². The highest BCUT2D eigenvalue weighted by Crippen LogP contribution is 2.41. The van der Waals surface area contributed by atoms with Crippen LogP contribution < -0.4 is 0 Å². The number of fused-ring (bicyclic) bond motifs is 2. The lowest BCUT2D eigenvalue weighted by Gasteiger charge is -2.53. The van der Waals surface area contributed by atoms with Crippen LogP contribution in [0.25, 0.3) is 10.4 Å². The van der Waals surface area contributed by atoms with E-state index in [0.29, 0.717) is 12.6 Å². The van der Waals surface area contributed by atoms with E-state index < -0.39 is 0 Å². The van der Waals surface area contributed by atoms with Crippen LogP contribution in [0.5, 0.6) is 0 Å². The van der Waals surface area contributed by atoms with E-state index in [1.165, 1.54) is 6.42 Å². The van der Waals surface area contributed by atoms with E-state index in [-0.39, 0.29) is 0 Å². The van der Waals surface area contributed by atoms with Crippen molar-refractivity contribution < 1.29 is 4.74 Å². The minimum atomic E-state index is 0.505. The molecule has 3 rings (SSSR count). The smallest absolute Gasteiger partial charge is 0.0655 e. The number of hydrogen-bond donors (Lipinski definition) is 0. The van der Waals surface area contributed by atoms with Gasteiger partial charge >= 0.3 is 0 Å². The fourth-order valence-corrected chi connectivity index (χ4v) is 2.82. The average molecular weight is 210 g/mol. The maximum absolute atomic E-state index is 8.19. The van der Waals surface area contributed by atoms with Crippen molar-refractivity contribution in [2.45, 2.75) is 19.4 Å². The van der Waals surface area contributed by atoms with E-state index in [9.17, 15) is 0 Å². The van der Waals surface area contributed by atoms with Crippen molar-refractivity contribution in [3.05, 3.63) is 10.4 Å². The lowest BCUT2D eigenvalue weighted by molar-refractivity contribution is -0.139. The third-order valence-corrected chi connectivity index (χ3v) is 3.46. The van der Waals surface area contributed by atoms with Gasteiger partial charge in [-0.3, -0.25) is 0 Å². The number of ether oxygens (including phenoxy) is 1. The first-order valence-electron chi connectivity index (χ1n) is 5.70. The second kappa shape index (κ2) is 4.84. The quantitative estimate of drug-likeness (QED) is 0.393. The lowest BCUT2D eigenvalue weighted by Crippen LogP contribution is -2.59. The van der Waals surface area contributed by atoms with Crippen LogP contribution in [0, 0.1) is 11.8 Å². The molecule has 2 unspecified atom stereocenters. The normalized spacial score (nSPS) is 34.3. The van der Waals surface area contributed by atoms with Gasteiger partial charge in [0.1, 0.15) is 0 Å². The van der Waals surface area contributed by atoms with E-state index in [2.05, 4.69) is 21.8 Å². The zero-order valence-electron chi connectivity index (χ0n) is 9.17. The number of piperidine rings is 2. The molecule has 5 heteroatoms. The van der Waals surface area contributed by atoms with Gasteiger partial charge in [0.25, 0.3) is 0 Å². The molecule has 0 aromatic carbocycles. The molecule has 0 N–H and O–H groups in total. The summed E-state index contributed by atoms with van der Waals surface area (Å²) in [5.41, 5.74) is 8.19. The molecule has 2 aliphatic heterocycles. The van der Waals surface area contributed by atoms with Gasteiger partial charge in [-0.15, -0.1) is 0 Å². The van der Waals surface area contributed by atoms with Gasteiger partial charge in [0, 0.05) is 37.7 Å². The lowest BCUT2D eigenvalue weighted by atomic mass is 9.68. The molecule has 2 heterocycles. The highest BCUT2D eigenvalue weighted by molar-refractivity contribution is 4.98. The first-order chi connectivity index (χ1) is 7.35. The van der Waals surface area contributed by atoms with E-state index >= 15 is 0 Å². The summed E-state index contributed by atoms with van der Waals surface area (Å²) >= 11 is 0. The molecular formula is C10H18N4O. The molecule has 3 fully saturated rings. The van der Waals surface area contributed by atoms with Gasteiger partial charge in [-0.2, -0.15) is 0 Å². The van der Waals surface area contributed by atoms with Gasteiger partial charge in [0.05, 0.1) is 6.10 Å². The van der Waals surface area contributed by atoms with Crippen molar-refractivity contribution >= 4 is 0 Å². The Balaban J connectivity index is 1.74. The summed E-state index contributed by atoms with van der Waals surface area (Å²) in [5, 5.41) is 3.57. The maximum Gasteiger partial charge on any atom is 0.0655 e. The Morgan fingerprint density at radius 1 is 1.47 bits per heavy atom. The minimum absolute atomic E-state index is 0.505. The molecule has 2 bridgehead atoms. The maximum atomic E-state index is 8.19. The molecule has 0 spiro atoms. The molecule has 0 radical (unpaired) electrons. The van der Waals surface area contributed by atoms with Gasteiger partial charge in [0.15, 0.2) is 0 Å². The van der Waals surface area contributed by atoms with Crippen molar-refractivity contribution in [3.8, 4) is 0 Å². The van der Waals surface area contributed by atoms with Crippen molar-refractivity contribution in [1.29, 1.82) is 0 Å². The Morgan fingerprint density at radius 2 is 2.20 bits per heavy atom. The predicted molar refractivity (Wildman–Crippen MR) is 57.5 cm³/mol. The van der Waals surface area contributed by atoms with Crippen LogP contribution in [0.15, 0.2) is 5.11 Å². The molecule has 2 saturated heterocycles. The van der Waals surface area contributed by atoms with Gasteiger partial charge in [-0.05, 0) is 30.7 Å². The second-order valence-electron chi connectivity index (χ2n) is 4.39. The summed E-state index contributed by atoms with van der Waals surface area (Å²) in [6, 6.07) is 0. The van der Waals surface area contributed by atoms with Crippen molar-refractivity contribution in [1.82, 2.24) is 4.90 Å². The van der Waals surface area contributed by atoms with E-state index in [4.69, 9.17) is 10.3 Å². The number of hydrogen-bond acceptors (Lipinski definition) is 3. The van der Waals surface area contributed by atoms with Crippen LogP contribution in [0.2, 0.25) is 0 Å². The molecule has 5 nitrogen and oxygen atoms in total. The number of nitrogens with zero attached hydrogens (tertiary/aromatic N) is 4. The Kier molecular flexibility index (Phi) is 3.46. The summed E-state index contributed by atoms with van der Waals surface area (Å²) in [7, 11) is 0. The minimum Gasteiger partial charge on any atom is -0.378 e. The van der Waals surface area contributed by atoms with Crippen molar-refractivity contribution in [2.75, 3.05) is 32.8 Å². The summed E-state index contributed by atoms with van der Waals surface area (Å²) in [6.07, 6.45) is 1.83. The molecule has 84 valence electrons. The molecule has 1 saturated carbocycles. The zero-order valence-corrected chi connectivity index (χ0v) is 9.17. The molecule has 15 heavy (non-hydrogen) atoms. The van der Waals surface area contributed by atoms with E-state index in [0.717, 1.165) is 38.1 Å². The number of rotatable bonds is 5. The van der Waals surface area contributed by atoms with Crippen LogP contribution in [-0.4, -0.2) is 43.8 Å². The van der Waals surface area contributed by atoms with Gasteiger partial charge in [0.2, 0.25) is 0 Å². The van der Waals surface area contributed by atoms with Crippen LogP contribution in [0.1, 0.15) is 13.3 Å². The van der Waals surface area contributed by atoms with E-state index in [1.54, 1.807) is 0 Å². The predicted octanol–water partition coefficient (Wildman–Crippen LogP) is 1.65. The summed E-state index contributed by atoms with van der Waals surface area (Å²) in [4.78, 5) is 5.16. The Hall–Kier alpha value is -0.770. The molecule has 0 aromatic rings. The van der Waals surface area contributed by atoms with Crippen LogP contribution in [0.3, 0.4) is 0 Å². The fourth-order valence-electron chi connectivity index (χ4n) is 2.82. The van der Waals surface area contributed by atoms with Crippen LogP contribution in [-0.2, 0) is 4.74 Å². The Morgan fingerprint density at radius 3 is 2.80 bits per heavy atom. The monoisotopic (exact) mass is 210 g/mol. The molecule has 0 aromatic heterocycles. The highest BCUT2D eigenvalue weighted by Gasteiger charge is 2.46. The van der Waals surface area contributed by atoms with Crippen molar-refractivity contribution in [3.63, 3.8) is 0 Å². The van der Waals surface area contributed by atoms with Crippen molar-refractivity contribution in [2.24, 2.45) is 17.0 Å². The Bertz CT molecular complexity index is 252. The summed E-state index contributed by atoms with van der Waals surface area (Å²) in [5.74, 6) is 1.43. The second-order valence-corrected chi connectivity index (χ2v) is 4.39.